The fourth-order valence-corrected chi connectivity index (χ4v) is 4.35. The van der Waals surface area contributed by atoms with Gasteiger partial charge in [-0.1, -0.05) is 47.5 Å². The van der Waals surface area contributed by atoms with Crippen LogP contribution in [-0.4, -0.2) is 9.55 Å². The van der Waals surface area contributed by atoms with Crippen LogP contribution >= 0.6 is 35.0 Å². The van der Waals surface area contributed by atoms with E-state index < -0.39 is 17.2 Å². The lowest BCUT2D eigenvalue weighted by Gasteiger charge is -2.23. The van der Waals surface area contributed by atoms with Gasteiger partial charge in [-0.25, -0.2) is 4.98 Å². The van der Waals surface area contributed by atoms with Crippen molar-refractivity contribution in [1.29, 1.82) is 0 Å². The first-order valence-electron chi connectivity index (χ1n) is 7.99. The lowest BCUT2D eigenvalue weighted by Crippen LogP contribution is -2.10. The van der Waals surface area contributed by atoms with Gasteiger partial charge in [-0.3, -0.25) is 0 Å². The molecule has 0 saturated carbocycles. The molecule has 3 rings (SSSR count). The van der Waals surface area contributed by atoms with Crippen LogP contribution < -0.4 is 0 Å². The van der Waals surface area contributed by atoms with Gasteiger partial charge in [0, 0.05) is 23.2 Å². The van der Waals surface area contributed by atoms with Gasteiger partial charge < -0.3 is 4.57 Å². The van der Waals surface area contributed by atoms with Crippen molar-refractivity contribution < 1.29 is 13.2 Å². The Labute approximate surface area is 169 Å². The van der Waals surface area contributed by atoms with E-state index in [4.69, 9.17) is 23.2 Å². The second-order valence-corrected chi connectivity index (χ2v) is 7.87. The Kier molecular flexibility index (Phi) is 6.40. The van der Waals surface area contributed by atoms with E-state index in [1.807, 2.05) is 12.1 Å². The number of thioether (sulfide) groups is 1. The molecule has 142 valence electrons. The van der Waals surface area contributed by atoms with Crippen LogP contribution in [0.1, 0.15) is 27.4 Å². The Bertz CT molecular complexity index is 850. The molecule has 0 saturated heterocycles. The summed E-state index contributed by atoms with van der Waals surface area (Å²) in [5.74, 6) is 0.517. The predicted octanol–water partition coefficient (Wildman–Crippen LogP) is 6.97. The molecule has 0 aliphatic heterocycles. The highest BCUT2D eigenvalue weighted by atomic mass is 35.5. The molecule has 2 aromatic carbocycles. The normalized spacial score (nSPS) is 14.1. The number of imidazole rings is 1. The fraction of sp³-hybridized carbons (Fsp3) is 0.211. The molecule has 8 heteroatoms. The molecular formula is C19H15Cl2F3N2S. The summed E-state index contributed by atoms with van der Waals surface area (Å²) < 4.78 is 39.9. The number of alkyl halides is 4. The summed E-state index contributed by atoms with van der Waals surface area (Å²) >= 11 is 14.2. The minimum atomic E-state index is -4.33. The van der Waals surface area contributed by atoms with E-state index in [0.29, 0.717) is 10.8 Å². The summed E-state index contributed by atoms with van der Waals surface area (Å²) in [7, 11) is 0. The fourth-order valence-electron chi connectivity index (χ4n) is 2.53. The van der Waals surface area contributed by atoms with E-state index in [-0.39, 0.29) is 5.25 Å². The maximum absolute atomic E-state index is 12.7. The predicted molar refractivity (Wildman–Crippen MR) is 104 cm³/mol. The van der Waals surface area contributed by atoms with Gasteiger partial charge in [-0.05, 0) is 35.4 Å². The largest absolute Gasteiger partial charge is 0.416 e. The number of aromatic nitrogens is 2. The molecule has 0 aliphatic rings. The first-order valence-corrected chi connectivity index (χ1v) is 9.85. The monoisotopic (exact) mass is 430 g/mol. The van der Waals surface area contributed by atoms with Crippen molar-refractivity contribution in [1.82, 2.24) is 9.55 Å². The van der Waals surface area contributed by atoms with E-state index in [9.17, 15) is 13.2 Å². The highest BCUT2D eigenvalue weighted by molar-refractivity contribution is 7.98. The lowest BCUT2D eigenvalue weighted by molar-refractivity contribution is -0.137. The molecule has 0 spiro atoms. The highest BCUT2D eigenvalue weighted by Crippen LogP contribution is 2.43. The minimum Gasteiger partial charge on any atom is -0.319 e. The summed E-state index contributed by atoms with van der Waals surface area (Å²) in [5.41, 5.74) is 0.707. The highest BCUT2D eigenvalue weighted by Gasteiger charge is 2.30. The minimum absolute atomic E-state index is 0.138. The van der Waals surface area contributed by atoms with Gasteiger partial charge in [0.25, 0.3) is 0 Å². The molecule has 3 aromatic rings. The van der Waals surface area contributed by atoms with Gasteiger partial charge in [-0.15, -0.1) is 11.8 Å². The summed E-state index contributed by atoms with van der Waals surface area (Å²) in [6, 6.07) is 12.6. The maximum atomic E-state index is 12.7. The van der Waals surface area contributed by atoms with E-state index in [0.717, 1.165) is 23.3 Å². The Balaban J connectivity index is 1.78. The standard InChI is InChI=1S/C19H15Cl2F3N2S/c20-16-7-3-14(4-8-16)17(18(21)26-10-9-25-12-26)27-11-13-1-5-15(6-2-13)19(22,23)24/h1-10,12,17-18H,11H2. The van der Waals surface area contributed by atoms with Crippen LogP contribution in [0.4, 0.5) is 13.2 Å². The number of halogens is 5. The third-order valence-corrected chi connectivity index (χ3v) is 6.24. The Morgan fingerprint density at radius 2 is 1.70 bits per heavy atom. The van der Waals surface area contributed by atoms with Gasteiger partial charge in [0.2, 0.25) is 0 Å². The molecule has 0 radical (unpaired) electrons. The van der Waals surface area contributed by atoms with Crippen molar-refractivity contribution in [2.45, 2.75) is 22.7 Å². The van der Waals surface area contributed by atoms with E-state index in [2.05, 4.69) is 4.98 Å². The smallest absolute Gasteiger partial charge is 0.319 e. The van der Waals surface area contributed by atoms with Gasteiger partial charge in [-0.2, -0.15) is 13.2 Å². The molecule has 0 amide bonds. The lowest BCUT2D eigenvalue weighted by atomic mass is 10.1. The molecule has 2 unspecified atom stereocenters. The van der Waals surface area contributed by atoms with Gasteiger partial charge in [0.05, 0.1) is 17.1 Å². The van der Waals surface area contributed by atoms with Crippen LogP contribution in [-0.2, 0) is 11.9 Å². The molecule has 27 heavy (non-hydrogen) atoms. The van der Waals surface area contributed by atoms with Gasteiger partial charge in [0.15, 0.2) is 0 Å². The van der Waals surface area contributed by atoms with Crippen LogP contribution in [0.3, 0.4) is 0 Å². The zero-order chi connectivity index (χ0) is 19.4. The van der Waals surface area contributed by atoms with Gasteiger partial charge in [0.1, 0.15) is 5.50 Å². The SMILES string of the molecule is FC(F)(F)c1ccc(CSC(c2ccc(Cl)cc2)C(Cl)n2ccnc2)cc1. The average Bonchev–Trinajstić information content (AvgIpc) is 3.17. The van der Waals surface area contributed by atoms with E-state index in [1.54, 1.807) is 47.2 Å². The topological polar surface area (TPSA) is 17.8 Å². The maximum Gasteiger partial charge on any atom is 0.416 e. The summed E-state index contributed by atoms with van der Waals surface area (Å²) in [6.07, 6.45) is 0.730. The quantitative estimate of drug-likeness (QED) is 0.393. The summed E-state index contributed by atoms with van der Waals surface area (Å²) in [6.45, 7) is 0. The van der Waals surface area contributed by atoms with Crippen molar-refractivity contribution in [2.24, 2.45) is 0 Å². The first-order chi connectivity index (χ1) is 12.8. The zero-order valence-corrected chi connectivity index (χ0v) is 16.2. The number of hydrogen-bond donors (Lipinski definition) is 0. The van der Waals surface area contributed by atoms with Crippen molar-refractivity contribution in [3.63, 3.8) is 0 Å². The van der Waals surface area contributed by atoms with Crippen molar-refractivity contribution >= 4 is 35.0 Å². The van der Waals surface area contributed by atoms with E-state index in [1.165, 1.54) is 12.1 Å². The van der Waals surface area contributed by atoms with Crippen LogP contribution in [0.15, 0.2) is 67.3 Å². The van der Waals surface area contributed by atoms with Crippen LogP contribution in [0.25, 0.3) is 0 Å². The van der Waals surface area contributed by atoms with Crippen molar-refractivity contribution in [3.05, 3.63) is 89.0 Å². The third-order valence-electron chi connectivity index (χ3n) is 3.97. The van der Waals surface area contributed by atoms with E-state index >= 15 is 0 Å². The van der Waals surface area contributed by atoms with Crippen LogP contribution in [0.2, 0.25) is 5.02 Å². The summed E-state index contributed by atoms with van der Waals surface area (Å²) in [4.78, 5) is 4.03. The van der Waals surface area contributed by atoms with Crippen LogP contribution in [0, 0.1) is 0 Å². The first kappa shape index (κ1) is 20.1. The molecule has 1 aromatic heterocycles. The van der Waals surface area contributed by atoms with Gasteiger partial charge >= 0.3 is 6.18 Å². The molecule has 0 aliphatic carbocycles. The molecular weight excluding hydrogens is 416 g/mol. The van der Waals surface area contributed by atoms with Crippen molar-refractivity contribution in [2.75, 3.05) is 0 Å². The number of benzene rings is 2. The van der Waals surface area contributed by atoms with Crippen LogP contribution in [0.5, 0.6) is 0 Å². The summed E-state index contributed by atoms with van der Waals surface area (Å²) in [5, 5.41) is 0.486. The molecule has 1 heterocycles. The second kappa shape index (κ2) is 8.59. The zero-order valence-electron chi connectivity index (χ0n) is 13.9. The number of nitrogens with zero attached hydrogens (tertiary/aromatic N) is 2. The molecule has 0 N–H and O–H groups in total. The third kappa shape index (κ3) is 5.21. The Morgan fingerprint density at radius 1 is 1.04 bits per heavy atom. The average molecular weight is 431 g/mol. The van der Waals surface area contributed by atoms with Crippen molar-refractivity contribution in [3.8, 4) is 0 Å². The molecule has 2 nitrogen and oxygen atoms in total. The Hall–Kier alpha value is -1.63. The molecule has 0 bridgehead atoms. The molecule has 2 atom stereocenters. The Morgan fingerprint density at radius 3 is 2.26 bits per heavy atom. The number of hydrogen-bond acceptors (Lipinski definition) is 2. The molecule has 0 fully saturated rings. The second-order valence-electron chi connectivity index (χ2n) is 5.86. The number of rotatable bonds is 6.